The van der Waals surface area contributed by atoms with Gasteiger partial charge in [0.2, 0.25) is 0 Å². The molecule has 0 spiro atoms. The molecule has 1 amide bonds. The molecule has 0 bridgehead atoms. The number of amidine groups is 1. The van der Waals surface area contributed by atoms with E-state index in [1.807, 2.05) is 54.7 Å². The third kappa shape index (κ3) is 4.30. The molecule has 3 aromatic carbocycles. The highest BCUT2D eigenvalue weighted by molar-refractivity contribution is 6.34. The average Bonchev–Trinajstić information content (AvgIpc) is 3.23. The van der Waals surface area contributed by atoms with E-state index in [2.05, 4.69) is 35.3 Å². The molecule has 152 valence electrons. The molecule has 0 radical (unpaired) electrons. The number of quaternary nitrogens is 1. The zero-order chi connectivity index (χ0) is 21.7. The molecule has 1 aliphatic rings. The first-order chi connectivity index (χ1) is 15.1. The summed E-state index contributed by atoms with van der Waals surface area (Å²) < 4.78 is 0.218. The van der Waals surface area contributed by atoms with Crippen LogP contribution in [0.5, 0.6) is 0 Å². The molecule has 31 heavy (non-hydrogen) atoms. The maximum atomic E-state index is 12.4. The molecule has 1 heterocycles. The van der Waals surface area contributed by atoms with E-state index < -0.39 is 5.91 Å². The molecule has 0 fully saturated rings. The van der Waals surface area contributed by atoms with Gasteiger partial charge < -0.3 is 5.73 Å². The molecule has 1 unspecified atom stereocenters. The number of amides is 1. The Labute approximate surface area is 182 Å². The summed E-state index contributed by atoms with van der Waals surface area (Å²) in [7, 11) is 0. The lowest BCUT2D eigenvalue weighted by Gasteiger charge is -2.35. The predicted octanol–water partition coefficient (Wildman–Crippen LogP) is 4.08. The van der Waals surface area contributed by atoms with E-state index in [1.54, 1.807) is 18.3 Å². The maximum Gasteiger partial charge on any atom is 0.324 e. The predicted molar refractivity (Wildman–Crippen MR) is 120 cm³/mol. The van der Waals surface area contributed by atoms with Crippen molar-refractivity contribution in [1.29, 1.82) is 5.26 Å². The number of carbonyl (C=O) groups is 1. The minimum Gasteiger partial charge on any atom is -0.359 e. The smallest absolute Gasteiger partial charge is 0.324 e. The van der Waals surface area contributed by atoms with Crippen LogP contribution < -0.4 is 5.73 Å². The van der Waals surface area contributed by atoms with Crippen molar-refractivity contribution in [2.24, 2.45) is 10.7 Å². The fraction of sp³-hybridized carbons (Fsp3) is 0.115. The normalized spacial score (nSPS) is 17.4. The Morgan fingerprint density at radius 3 is 2.03 bits per heavy atom. The van der Waals surface area contributed by atoms with E-state index in [4.69, 9.17) is 11.0 Å². The lowest BCUT2D eigenvalue weighted by Crippen LogP contribution is -2.53. The van der Waals surface area contributed by atoms with Crippen molar-refractivity contribution in [2.75, 3.05) is 6.54 Å². The second-order valence-electron chi connectivity index (χ2n) is 7.67. The molecule has 2 N–H and O–H groups in total. The van der Waals surface area contributed by atoms with Crippen molar-refractivity contribution in [1.82, 2.24) is 0 Å². The van der Waals surface area contributed by atoms with Gasteiger partial charge in [0.15, 0.2) is 0 Å². The second kappa shape index (κ2) is 8.78. The Morgan fingerprint density at radius 1 is 0.935 bits per heavy atom. The van der Waals surface area contributed by atoms with Gasteiger partial charge in [-0.2, -0.15) is 10.3 Å². The molecule has 0 saturated heterocycles. The fourth-order valence-electron chi connectivity index (χ4n) is 4.15. The Morgan fingerprint density at radius 2 is 1.52 bits per heavy atom. The van der Waals surface area contributed by atoms with Crippen molar-refractivity contribution in [3.05, 3.63) is 120 Å². The number of hydrogen-bond acceptors (Lipinski definition) is 3. The van der Waals surface area contributed by atoms with Crippen LogP contribution in [0.3, 0.4) is 0 Å². The van der Waals surface area contributed by atoms with Crippen LogP contribution in [-0.2, 0) is 11.3 Å². The van der Waals surface area contributed by atoms with Gasteiger partial charge in [-0.3, -0.25) is 4.79 Å². The lowest BCUT2D eigenvalue weighted by molar-refractivity contribution is -0.799. The van der Waals surface area contributed by atoms with Crippen LogP contribution in [0.25, 0.3) is 0 Å². The average molecular weight is 407 g/mol. The number of primary amides is 1. The molecule has 5 heteroatoms. The van der Waals surface area contributed by atoms with Gasteiger partial charge in [0.05, 0.1) is 23.8 Å². The van der Waals surface area contributed by atoms with Crippen LogP contribution in [0.15, 0.2) is 102 Å². The Bertz CT molecular complexity index is 1120. The SMILES string of the molecule is N#Cc1ccc(C[N+]2(CC(c3ccccc3)c3ccccc3)C=CN=C2C(N)=O)cc1. The van der Waals surface area contributed by atoms with Gasteiger partial charge in [0, 0.05) is 5.56 Å². The van der Waals surface area contributed by atoms with Gasteiger partial charge in [-0.05, 0) is 23.3 Å². The number of hydrogen-bond donors (Lipinski definition) is 1. The molecule has 5 nitrogen and oxygen atoms in total. The topological polar surface area (TPSA) is 79.2 Å². The molecule has 1 aliphatic heterocycles. The van der Waals surface area contributed by atoms with Crippen molar-refractivity contribution in [3.8, 4) is 6.07 Å². The molecule has 1 atom stereocenters. The summed E-state index contributed by atoms with van der Waals surface area (Å²) in [5.74, 6) is -0.173. The van der Waals surface area contributed by atoms with Crippen molar-refractivity contribution < 1.29 is 9.28 Å². The molecular formula is C26H23N4O+. The molecule has 0 aromatic heterocycles. The molecular weight excluding hydrogens is 384 g/mol. The monoisotopic (exact) mass is 407 g/mol. The van der Waals surface area contributed by atoms with Gasteiger partial charge >= 0.3 is 5.91 Å². The molecule has 3 aromatic rings. The van der Waals surface area contributed by atoms with Gasteiger partial charge in [0.1, 0.15) is 19.3 Å². The van der Waals surface area contributed by atoms with Crippen molar-refractivity contribution in [3.63, 3.8) is 0 Å². The first-order valence-electron chi connectivity index (χ1n) is 10.1. The van der Waals surface area contributed by atoms with Gasteiger partial charge in [-0.1, -0.05) is 72.8 Å². The highest BCUT2D eigenvalue weighted by Crippen LogP contribution is 2.32. The minimum absolute atomic E-state index is 0.0353. The van der Waals surface area contributed by atoms with Crippen LogP contribution in [0.1, 0.15) is 28.2 Å². The number of benzene rings is 3. The Balaban J connectivity index is 1.77. The molecule has 0 saturated carbocycles. The third-order valence-corrected chi connectivity index (χ3v) is 5.65. The highest BCUT2D eigenvalue weighted by atomic mass is 16.1. The fourth-order valence-corrected chi connectivity index (χ4v) is 4.15. The Hall–Kier alpha value is -4.01. The summed E-state index contributed by atoms with van der Waals surface area (Å²) in [6, 6.07) is 30.1. The van der Waals surface area contributed by atoms with E-state index >= 15 is 0 Å². The summed E-state index contributed by atoms with van der Waals surface area (Å²) in [4.78, 5) is 16.7. The first kappa shape index (κ1) is 20.3. The summed E-state index contributed by atoms with van der Waals surface area (Å²) >= 11 is 0. The highest BCUT2D eigenvalue weighted by Gasteiger charge is 2.42. The number of rotatable bonds is 7. The lowest BCUT2D eigenvalue weighted by atomic mass is 9.89. The Kier molecular flexibility index (Phi) is 5.74. The van der Waals surface area contributed by atoms with Gasteiger partial charge in [-0.15, -0.1) is 0 Å². The van der Waals surface area contributed by atoms with Crippen LogP contribution in [0.4, 0.5) is 0 Å². The zero-order valence-electron chi connectivity index (χ0n) is 17.1. The van der Waals surface area contributed by atoms with E-state index in [1.165, 1.54) is 0 Å². The maximum absolute atomic E-state index is 12.4. The van der Waals surface area contributed by atoms with E-state index in [0.717, 1.165) is 16.7 Å². The van der Waals surface area contributed by atoms with Gasteiger partial charge in [0.25, 0.3) is 5.84 Å². The zero-order valence-corrected chi connectivity index (χ0v) is 17.1. The standard InChI is InChI=1S/C26H22N4O/c27-17-20-11-13-21(14-12-20)18-30(16-15-29-26(30)25(28)31)19-24(22-7-3-1-4-8-22)23-9-5-2-6-10-23/h1-16,24H,18-19H2,(H-,28,31)/p+1. The summed E-state index contributed by atoms with van der Waals surface area (Å²) in [6.45, 7) is 1.10. The van der Waals surface area contributed by atoms with E-state index in [-0.39, 0.29) is 10.4 Å². The van der Waals surface area contributed by atoms with E-state index in [9.17, 15) is 4.79 Å². The quantitative estimate of drug-likeness (QED) is 0.599. The number of aliphatic imine (C=N–C) groups is 1. The number of nitrogens with zero attached hydrogens (tertiary/aromatic N) is 3. The minimum atomic E-state index is -0.529. The van der Waals surface area contributed by atoms with Gasteiger partial charge in [-0.25, -0.2) is 4.48 Å². The van der Waals surface area contributed by atoms with Crippen LogP contribution in [0.2, 0.25) is 0 Å². The first-order valence-corrected chi connectivity index (χ1v) is 10.1. The third-order valence-electron chi connectivity index (χ3n) is 5.65. The molecule has 0 aliphatic carbocycles. The van der Waals surface area contributed by atoms with Crippen LogP contribution in [-0.4, -0.2) is 22.8 Å². The van der Waals surface area contributed by atoms with Crippen LogP contribution >= 0.6 is 0 Å². The van der Waals surface area contributed by atoms with Crippen molar-refractivity contribution >= 4 is 11.7 Å². The summed E-state index contributed by atoms with van der Waals surface area (Å²) in [6.07, 6.45) is 3.61. The number of nitriles is 1. The number of nitrogens with two attached hydrogens (primary N) is 1. The molecule has 4 rings (SSSR count). The summed E-state index contributed by atoms with van der Waals surface area (Å²) in [5.41, 5.74) is 9.68. The second-order valence-corrected chi connectivity index (χ2v) is 7.67. The van der Waals surface area contributed by atoms with Crippen molar-refractivity contribution in [2.45, 2.75) is 12.5 Å². The van der Waals surface area contributed by atoms with E-state index in [0.29, 0.717) is 24.5 Å². The largest absolute Gasteiger partial charge is 0.359 e. The summed E-state index contributed by atoms with van der Waals surface area (Å²) in [5, 5.41) is 9.10. The number of carbonyl (C=O) groups excluding carboxylic acids is 1. The van der Waals surface area contributed by atoms with Crippen LogP contribution in [0, 0.1) is 11.3 Å².